The second-order valence-electron chi connectivity index (χ2n) is 4.32. The van der Waals surface area contributed by atoms with Crippen LogP contribution in [0.3, 0.4) is 0 Å². The average Bonchev–Trinajstić information content (AvgIpc) is 2.28. The van der Waals surface area contributed by atoms with Crippen LogP contribution in [0.5, 0.6) is 0 Å². The van der Waals surface area contributed by atoms with Crippen LogP contribution in [0, 0.1) is 5.92 Å². The summed E-state index contributed by atoms with van der Waals surface area (Å²) in [5, 5.41) is 13.6. The van der Waals surface area contributed by atoms with Gasteiger partial charge < -0.3 is 15.7 Å². The molecular formula is C11H20N2O3. The molecular weight excluding hydrogens is 208 g/mol. The van der Waals surface area contributed by atoms with Gasteiger partial charge in [0, 0.05) is 12.6 Å². The summed E-state index contributed by atoms with van der Waals surface area (Å²) in [7, 11) is 0. The standard InChI is InChI=1S/C11H20N2O3/c1-8-4-2-3-5-9(8)13-11(16)10(15)12-6-7-14/h8-9,14H,2-7H2,1H3,(H,12,15)(H,13,16)/t8-,9+/m1/s1. The number of aliphatic hydroxyl groups excluding tert-OH is 1. The van der Waals surface area contributed by atoms with Crippen LogP contribution in [0.25, 0.3) is 0 Å². The van der Waals surface area contributed by atoms with Crippen LogP contribution in [0.2, 0.25) is 0 Å². The van der Waals surface area contributed by atoms with Crippen molar-refractivity contribution in [2.45, 2.75) is 38.6 Å². The normalized spacial score (nSPS) is 24.9. The molecule has 92 valence electrons. The van der Waals surface area contributed by atoms with Crippen LogP contribution in [0.15, 0.2) is 0 Å². The molecule has 1 fully saturated rings. The van der Waals surface area contributed by atoms with E-state index in [1.165, 1.54) is 6.42 Å². The van der Waals surface area contributed by atoms with Gasteiger partial charge in [-0.05, 0) is 18.8 Å². The van der Waals surface area contributed by atoms with Crippen molar-refractivity contribution in [3.8, 4) is 0 Å². The highest BCUT2D eigenvalue weighted by Crippen LogP contribution is 2.23. The molecule has 2 amide bonds. The van der Waals surface area contributed by atoms with Crippen molar-refractivity contribution in [1.29, 1.82) is 0 Å². The quantitative estimate of drug-likeness (QED) is 0.585. The Kier molecular flexibility index (Phi) is 5.25. The summed E-state index contributed by atoms with van der Waals surface area (Å²) < 4.78 is 0. The molecule has 2 atom stereocenters. The molecule has 1 aliphatic rings. The fraction of sp³-hybridized carbons (Fsp3) is 0.818. The van der Waals surface area contributed by atoms with Gasteiger partial charge in [-0.15, -0.1) is 0 Å². The molecule has 16 heavy (non-hydrogen) atoms. The number of carbonyl (C=O) groups excluding carboxylic acids is 2. The van der Waals surface area contributed by atoms with Crippen molar-refractivity contribution in [3.05, 3.63) is 0 Å². The minimum absolute atomic E-state index is 0.112. The van der Waals surface area contributed by atoms with E-state index in [1.54, 1.807) is 0 Å². The Hall–Kier alpha value is -1.10. The molecule has 0 aromatic rings. The minimum atomic E-state index is -0.660. The lowest BCUT2D eigenvalue weighted by atomic mass is 9.86. The zero-order chi connectivity index (χ0) is 12.0. The lowest BCUT2D eigenvalue weighted by molar-refractivity contribution is -0.140. The molecule has 0 aromatic carbocycles. The van der Waals surface area contributed by atoms with Crippen molar-refractivity contribution < 1.29 is 14.7 Å². The maximum Gasteiger partial charge on any atom is 0.309 e. The summed E-state index contributed by atoms with van der Waals surface area (Å²) in [6, 6.07) is 0.112. The van der Waals surface area contributed by atoms with Crippen LogP contribution in [0.1, 0.15) is 32.6 Å². The highest BCUT2D eigenvalue weighted by Gasteiger charge is 2.25. The second kappa shape index (κ2) is 6.48. The summed E-state index contributed by atoms with van der Waals surface area (Å²) >= 11 is 0. The lowest BCUT2D eigenvalue weighted by Crippen LogP contribution is -2.48. The maximum atomic E-state index is 11.5. The number of hydrogen-bond acceptors (Lipinski definition) is 3. The summed E-state index contributed by atoms with van der Waals surface area (Å²) in [5.41, 5.74) is 0. The number of nitrogens with one attached hydrogen (secondary N) is 2. The molecule has 0 bridgehead atoms. The predicted octanol–water partition coefficient (Wildman–Crippen LogP) is -0.210. The number of rotatable bonds is 3. The first-order chi connectivity index (χ1) is 7.65. The van der Waals surface area contributed by atoms with E-state index >= 15 is 0 Å². The van der Waals surface area contributed by atoms with E-state index in [-0.39, 0.29) is 19.2 Å². The van der Waals surface area contributed by atoms with Crippen molar-refractivity contribution >= 4 is 11.8 Å². The molecule has 0 radical (unpaired) electrons. The second-order valence-corrected chi connectivity index (χ2v) is 4.32. The van der Waals surface area contributed by atoms with E-state index < -0.39 is 11.8 Å². The Morgan fingerprint density at radius 2 is 1.94 bits per heavy atom. The summed E-state index contributed by atoms with van der Waals surface area (Å²) in [6.45, 7) is 2.06. The number of hydrogen-bond donors (Lipinski definition) is 3. The molecule has 0 spiro atoms. The Morgan fingerprint density at radius 1 is 1.25 bits per heavy atom. The summed E-state index contributed by atoms with van der Waals surface area (Å²) in [5.74, 6) is -0.817. The number of amides is 2. The molecule has 0 aliphatic heterocycles. The van der Waals surface area contributed by atoms with Gasteiger partial charge in [0.25, 0.3) is 0 Å². The third kappa shape index (κ3) is 3.81. The summed E-state index contributed by atoms with van der Waals surface area (Å²) in [4.78, 5) is 22.7. The smallest absolute Gasteiger partial charge is 0.309 e. The van der Waals surface area contributed by atoms with Crippen molar-refractivity contribution in [3.63, 3.8) is 0 Å². The van der Waals surface area contributed by atoms with E-state index in [1.807, 2.05) is 0 Å². The molecule has 1 aliphatic carbocycles. The zero-order valence-electron chi connectivity index (χ0n) is 9.66. The topological polar surface area (TPSA) is 78.4 Å². The molecule has 0 unspecified atom stereocenters. The van der Waals surface area contributed by atoms with E-state index in [4.69, 9.17) is 5.11 Å². The monoisotopic (exact) mass is 228 g/mol. The first-order valence-corrected chi connectivity index (χ1v) is 5.84. The van der Waals surface area contributed by atoms with Crippen LogP contribution in [0.4, 0.5) is 0 Å². The van der Waals surface area contributed by atoms with Crippen molar-refractivity contribution in [2.75, 3.05) is 13.2 Å². The van der Waals surface area contributed by atoms with E-state index in [0.29, 0.717) is 5.92 Å². The Balaban J connectivity index is 2.34. The van der Waals surface area contributed by atoms with E-state index in [0.717, 1.165) is 19.3 Å². The van der Waals surface area contributed by atoms with E-state index in [9.17, 15) is 9.59 Å². The molecule has 0 aromatic heterocycles. The highest BCUT2D eigenvalue weighted by atomic mass is 16.3. The van der Waals surface area contributed by atoms with Gasteiger partial charge in [-0.3, -0.25) is 9.59 Å². The molecule has 5 nitrogen and oxygen atoms in total. The van der Waals surface area contributed by atoms with Crippen molar-refractivity contribution in [2.24, 2.45) is 5.92 Å². The molecule has 0 saturated heterocycles. The summed E-state index contributed by atoms with van der Waals surface area (Å²) in [6.07, 6.45) is 4.35. The Labute approximate surface area is 95.6 Å². The average molecular weight is 228 g/mol. The fourth-order valence-electron chi connectivity index (χ4n) is 2.01. The van der Waals surface area contributed by atoms with Gasteiger partial charge in [0.05, 0.1) is 6.61 Å². The van der Waals surface area contributed by atoms with Gasteiger partial charge in [0.1, 0.15) is 0 Å². The third-order valence-electron chi connectivity index (χ3n) is 3.03. The predicted molar refractivity (Wildman–Crippen MR) is 59.7 cm³/mol. The number of aliphatic hydroxyl groups is 1. The fourth-order valence-corrected chi connectivity index (χ4v) is 2.01. The van der Waals surface area contributed by atoms with Crippen LogP contribution in [-0.4, -0.2) is 36.1 Å². The highest BCUT2D eigenvalue weighted by molar-refractivity contribution is 6.35. The van der Waals surface area contributed by atoms with Crippen LogP contribution in [-0.2, 0) is 9.59 Å². The van der Waals surface area contributed by atoms with E-state index in [2.05, 4.69) is 17.6 Å². The SMILES string of the molecule is C[C@@H]1CCCC[C@@H]1NC(=O)C(=O)NCCO. The van der Waals surface area contributed by atoms with Crippen LogP contribution >= 0.6 is 0 Å². The first kappa shape index (κ1) is 13.0. The molecule has 3 N–H and O–H groups in total. The first-order valence-electron chi connectivity index (χ1n) is 5.84. The molecule has 0 heterocycles. The zero-order valence-corrected chi connectivity index (χ0v) is 9.66. The Bertz CT molecular complexity index is 256. The molecule has 5 heteroatoms. The van der Waals surface area contributed by atoms with Crippen molar-refractivity contribution in [1.82, 2.24) is 10.6 Å². The van der Waals surface area contributed by atoms with Gasteiger partial charge in [-0.1, -0.05) is 19.8 Å². The van der Waals surface area contributed by atoms with Crippen LogP contribution < -0.4 is 10.6 Å². The number of carbonyl (C=O) groups is 2. The van der Waals surface area contributed by atoms with Gasteiger partial charge in [-0.2, -0.15) is 0 Å². The minimum Gasteiger partial charge on any atom is -0.395 e. The van der Waals surface area contributed by atoms with Gasteiger partial charge >= 0.3 is 11.8 Å². The lowest BCUT2D eigenvalue weighted by Gasteiger charge is -2.29. The van der Waals surface area contributed by atoms with Gasteiger partial charge in [0.2, 0.25) is 0 Å². The third-order valence-corrected chi connectivity index (χ3v) is 3.03. The molecule has 1 rings (SSSR count). The van der Waals surface area contributed by atoms with Gasteiger partial charge in [0.15, 0.2) is 0 Å². The molecule has 1 saturated carbocycles. The van der Waals surface area contributed by atoms with Gasteiger partial charge in [-0.25, -0.2) is 0 Å². The maximum absolute atomic E-state index is 11.5. The Morgan fingerprint density at radius 3 is 2.56 bits per heavy atom. The largest absolute Gasteiger partial charge is 0.395 e.